The number of hydrogen-bond donors (Lipinski definition) is 2. The molecule has 1 heterocycles. The first kappa shape index (κ1) is 12.6. The van der Waals surface area contributed by atoms with E-state index >= 15 is 0 Å². The number of aromatic nitrogens is 1. The van der Waals surface area contributed by atoms with E-state index in [4.69, 9.17) is 0 Å². The van der Waals surface area contributed by atoms with Gasteiger partial charge in [0, 0.05) is 6.20 Å². The average Bonchev–Trinajstić information content (AvgIpc) is 2.28. The van der Waals surface area contributed by atoms with E-state index in [0.29, 0.717) is 5.56 Å². The minimum Gasteiger partial charge on any atom is -0.464 e. The number of aryl methyl sites for hydroxylation is 1. The third-order valence-electron chi connectivity index (χ3n) is 2.16. The fraction of sp³-hybridized carbons (Fsp3) is 0.455. The third kappa shape index (κ3) is 2.77. The molecule has 0 aliphatic carbocycles. The second-order valence-corrected chi connectivity index (χ2v) is 3.35. The van der Waals surface area contributed by atoms with Gasteiger partial charge in [-0.25, -0.2) is 4.79 Å². The zero-order valence-electron chi connectivity index (χ0n) is 9.25. The van der Waals surface area contributed by atoms with Gasteiger partial charge < -0.3 is 14.9 Å². The monoisotopic (exact) mass is 225 g/mol. The normalized spacial score (nSPS) is 14.2. The van der Waals surface area contributed by atoms with Gasteiger partial charge in [-0.2, -0.15) is 0 Å². The number of aliphatic hydroxyl groups excluding tert-OH is 2. The van der Waals surface area contributed by atoms with Gasteiger partial charge in [0.15, 0.2) is 6.10 Å². The van der Waals surface area contributed by atoms with Gasteiger partial charge in [-0.05, 0) is 25.5 Å². The van der Waals surface area contributed by atoms with Crippen LogP contribution in [0.5, 0.6) is 0 Å². The molecule has 0 aliphatic rings. The number of carbonyl (C=O) groups excluding carboxylic acids is 1. The van der Waals surface area contributed by atoms with E-state index in [2.05, 4.69) is 9.72 Å². The Balaban J connectivity index is 2.82. The summed E-state index contributed by atoms with van der Waals surface area (Å²) in [4.78, 5) is 15.1. The van der Waals surface area contributed by atoms with Crippen LogP contribution in [0.25, 0.3) is 0 Å². The van der Waals surface area contributed by atoms with Crippen LogP contribution in [-0.2, 0) is 9.53 Å². The van der Waals surface area contributed by atoms with Gasteiger partial charge in [0.25, 0.3) is 0 Å². The van der Waals surface area contributed by atoms with E-state index in [1.54, 1.807) is 26.0 Å². The summed E-state index contributed by atoms with van der Waals surface area (Å²) in [6.45, 7) is 3.52. The predicted molar refractivity (Wildman–Crippen MR) is 56.6 cm³/mol. The molecule has 0 aliphatic heterocycles. The summed E-state index contributed by atoms with van der Waals surface area (Å²) in [6, 6.07) is 3.45. The number of pyridine rings is 1. The molecular weight excluding hydrogens is 210 g/mol. The minimum atomic E-state index is -1.60. The molecule has 0 amide bonds. The molecule has 1 aromatic rings. The van der Waals surface area contributed by atoms with Crippen LogP contribution in [-0.4, -0.2) is 33.9 Å². The van der Waals surface area contributed by atoms with Gasteiger partial charge in [0.1, 0.15) is 6.10 Å². The van der Waals surface area contributed by atoms with Gasteiger partial charge in [0.2, 0.25) is 0 Å². The molecule has 0 radical (unpaired) electrons. The number of aliphatic hydroxyl groups is 2. The molecule has 0 saturated carbocycles. The quantitative estimate of drug-likeness (QED) is 0.723. The molecule has 5 nitrogen and oxygen atoms in total. The van der Waals surface area contributed by atoms with Crippen molar-refractivity contribution in [1.29, 1.82) is 0 Å². The number of hydrogen-bond acceptors (Lipinski definition) is 5. The van der Waals surface area contributed by atoms with Crippen LogP contribution in [0.3, 0.4) is 0 Å². The Morgan fingerprint density at radius 1 is 1.56 bits per heavy atom. The zero-order chi connectivity index (χ0) is 12.1. The second-order valence-electron chi connectivity index (χ2n) is 3.35. The maximum Gasteiger partial charge on any atom is 0.338 e. The number of rotatable bonds is 4. The van der Waals surface area contributed by atoms with Crippen molar-refractivity contribution in [2.75, 3.05) is 6.61 Å². The Morgan fingerprint density at radius 3 is 2.81 bits per heavy atom. The maximum absolute atomic E-state index is 11.2. The molecule has 2 N–H and O–H groups in total. The van der Waals surface area contributed by atoms with Crippen LogP contribution < -0.4 is 0 Å². The molecular formula is C11H15NO4. The molecule has 2 atom stereocenters. The first-order valence-corrected chi connectivity index (χ1v) is 5.02. The fourth-order valence-corrected chi connectivity index (χ4v) is 1.31. The highest BCUT2D eigenvalue weighted by molar-refractivity contribution is 5.75. The summed E-state index contributed by atoms with van der Waals surface area (Å²) >= 11 is 0. The van der Waals surface area contributed by atoms with Gasteiger partial charge in [-0.1, -0.05) is 6.07 Å². The van der Waals surface area contributed by atoms with Crippen molar-refractivity contribution in [2.24, 2.45) is 0 Å². The molecule has 0 fully saturated rings. The largest absolute Gasteiger partial charge is 0.464 e. The van der Waals surface area contributed by atoms with Crippen molar-refractivity contribution in [3.8, 4) is 0 Å². The van der Waals surface area contributed by atoms with Gasteiger partial charge in [-0.3, -0.25) is 4.98 Å². The van der Waals surface area contributed by atoms with Crippen LogP contribution >= 0.6 is 0 Å². The fourth-order valence-electron chi connectivity index (χ4n) is 1.31. The molecule has 0 spiro atoms. The van der Waals surface area contributed by atoms with Crippen molar-refractivity contribution in [2.45, 2.75) is 26.1 Å². The van der Waals surface area contributed by atoms with Gasteiger partial charge in [0.05, 0.1) is 12.3 Å². The highest BCUT2D eigenvalue weighted by atomic mass is 16.5. The van der Waals surface area contributed by atoms with Crippen molar-refractivity contribution in [3.05, 3.63) is 29.6 Å². The van der Waals surface area contributed by atoms with Crippen LogP contribution in [0.4, 0.5) is 0 Å². The number of nitrogens with zero attached hydrogens (tertiary/aromatic N) is 1. The summed E-state index contributed by atoms with van der Waals surface area (Å²) in [5.41, 5.74) is 0.987. The van der Waals surface area contributed by atoms with E-state index in [1.807, 2.05) is 0 Å². The van der Waals surface area contributed by atoms with Crippen LogP contribution in [0.15, 0.2) is 18.3 Å². The van der Waals surface area contributed by atoms with Gasteiger partial charge >= 0.3 is 5.97 Å². The minimum absolute atomic E-state index is 0.157. The lowest BCUT2D eigenvalue weighted by atomic mass is 10.1. The number of esters is 1. The lowest BCUT2D eigenvalue weighted by molar-refractivity contribution is -0.159. The van der Waals surface area contributed by atoms with Crippen molar-refractivity contribution < 1.29 is 19.7 Å². The summed E-state index contributed by atoms with van der Waals surface area (Å²) in [7, 11) is 0. The third-order valence-corrected chi connectivity index (χ3v) is 2.16. The van der Waals surface area contributed by atoms with E-state index in [-0.39, 0.29) is 12.3 Å². The highest BCUT2D eigenvalue weighted by Gasteiger charge is 2.28. The maximum atomic E-state index is 11.2. The summed E-state index contributed by atoms with van der Waals surface area (Å²) in [6.07, 6.45) is -1.47. The number of ether oxygens (including phenoxy) is 1. The Morgan fingerprint density at radius 2 is 2.25 bits per heavy atom. The van der Waals surface area contributed by atoms with Crippen LogP contribution in [0, 0.1) is 6.92 Å². The van der Waals surface area contributed by atoms with Crippen LogP contribution in [0.2, 0.25) is 0 Å². The van der Waals surface area contributed by atoms with E-state index < -0.39 is 18.2 Å². The molecule has 16 heavy (non-hydrogen) atoms. The van der Waals surface area contributed by atoms with E-state index in [0.717, 1.165) is 0 Å². The molecule has 5 heteroatoms. The number of carbonyl (C=O) groups is 1. The SMILES string of the molecule is CCOC(=O)C(O)C(O)c1ncccc1C. The summed E-state index contributed by atoms with van der Waals surface area (Å²) in [5, 5.41) is 19.3. The zero-order valence-corrected chi connectivity index (χ0v) is 9.25. The standard InChI is InChI=1S/C11H15NO4/c1-3-16-11(15)10(14)9(13)8-7(2)5-4-6-12-8/h4-6,9-10,13-14H,3H2,1-2H3. The Labute approximate surface area is 93.7 Å². The molecule has 1 rings (SSSR count). The van der Waals surface area contributed by atoms with E-state index in [9.17, 15) is 15.0 Å². The molecule has 2 unspecified atom stereocenters. The lowest BCUT2D eigenvalue weighted by Gasteiger charge is -2.17. The lowest BCUT2D eigenvalue weighted by Crippen LogP contribution is -2.30. The van der Waals surface area contributed by atoms with E-state index in [1.165, 1.54) is 6.20 Å². The summed E-state index contributed by atoms with van der Waals surface area (Å²) in [5.74, 6) is -0.847. The second kappa shape index (κ2) is 5.58. The van der Waals surface area contributed by atoms with Crippen LogP contribution in [0.1, 0.15) is 24.3 Å². The Bertz CT molecular complexity index is 367. The highest BCUT2D eigenvalue weighted by Crippen LogP contribution is 2.18. The van der Waals surface area contributed by atoms with Crippen molar-refractivity contribution in [3.63, 3.8) is 0 Å². The predicted octanol–water partition coefficient (Wildman–Crippen LogP) is 0.347. The average molecular weight is 225 g/mol. The molecule has 0 bridgehead atoms. The Hall–Kier alpha value is -1.46. The first-order chi connectivity index (χ1) is 7.57. The molecule has 1 aromatic heterocycles. The Kier molecular flexibility index (Phi) is 4.39. The van der Waals surface area contributed by atoms with Crippen molar-refractivity contribution >= 4 is 5.97 Å². The molecule has 0 saturated heterocycles. The van der Waals surface area contributed by atoms with Crippen molar-refractivity contribution in [1.82, 2.24) is 4.98 Å². The van der Waals surface area contributed by atoms with Gasteiger partial charge in [-0.15, -0.1) is 0 Å². The smallest absolute Gasteiger partial charge is 0.338 e. The summed E-state index contributed by atoms with van der Waals surface area (Å²) < 4.78 is 4.61. The molecule has 88 valence electrons. The first-order valence-electron chi connectivity index (χ1n) is 5.02. The topological polar surface area (TPSA) is 79.7 Å². The molecule has 0 aromatic carbocycles.